The number of benzene rings is 1. The molecule has 2 aliphatic rings. The third-order valence-corrected chi connectivity index (χ3v) is 8.13. The van der Waals surface area contributed by atoms with Crippen molar-refractivity contribution in [3.63, 3.8) is 0 Å². The van der Waals surface area contributed by atoms with Crippen LogP contribution in [0.4, 0.5) is 5.69 Å². The van der Waals surface area contributed by atoms with E-state index in [0.717, 1.165) is 43.2 Å². The molecule has 1 amide bonds. The number of nitrogens with zero attached hydrogens (tertiary/aromatic N) is 6. The zero-order chi connectivity index (χ0) is 25.9. The van der Waals surface area contributed by atoms with Crippen LogP contribution < -0.4 is 15.8 Å². The molecule has 9 nitrogen and oxygen atoms in total. The number of alkyl halides is 1. The Kier molecular flexibility index (Phi) is 7.68. The number of pyridine rings is 1. The molecule has 1 fully saturated rings. The highest BCUT2D eigenvalue weighted by Crippen LogP contribution is 2.34. The van der Waals surface area contributed by atoms with Gasteiger partial charge in [-0.3, -0.25) is 19.1 Å². The van der Waals surface area contributed by atoms with Gasteiger partial charge in [0.1, 0.15) is 5.69 Å². The molecule has 0 spiro atoms. The number of halogens is 1. The Morgan fingerprint density at radius 1 is 1.16 bits per heavy atom. The van der Waals surface area contributed by atoms with Crippen molar-refractivity contribution in [2.75, 3.05) is 31.1 Å². The van der Waals surface area contributed by atoms with Gasteiger partial charge in [0.05, 0.1) is 39.4 Å². The lowest BCUT2D eigenvalue weighted by Crippen LogP contribution is -2.49. The summed E-state index contributed by atoms with van der Waals surface area (Å²) in [4.78, 5) is 30.4. The summed E-state index contributed by atoms with van der Waals surface area (Å²) in [6.45, 7) is 8.35. The Labute approximate surface area is 225 Å². The average Bonchev–Trinajstić information content (AvgIpc) is 3.56. The molecule has 1 saturated heterocycles. The number of aromatic nitrogens is 4. The molecule has 0 saturated carbocycles. The van der Waals surface area contributed by atoms with Crippen molar-refractivity contribution in [2.24, 2.45) is 0 Å². The van der Waals surface area contributed by atoms with Gasteiger partial charge in [0, 0.05) is 44.5 Å². The minimum absolute atomic E-state index is 0.0827. The maximum Gasteiger partial charge on any atom is 0.257 e. The predicted molar refractivity (Wildman–Crippen MR) is 148 cm³/mol. The molecule has 1 unspecified atom stereocenters. The monoisotopic (exact) mass is 539 g/mol. The number of anilines is 1. The fraction of sp³-hybridized carbons (Fsp3) is 0.385. The fourth-order valence-corrected chi connectivity index (χ4v) is 5.78. The van der Waals surface area contributed by atoms with Crippen LogP contribution in [0.1, 0.15) is 26.0 Å². The smallest absolute Gasteiger partial charge is 0.257 e. The van der Waals surface area contributed by atoms with E-state index in [2.05, 4.69) is 39.3 Å². The first-order chi connectivity index (χ1) is 17.9. The standard InChI is InChI=1S/C26H30ClN7O2S/c1-18(2)31-11-13-32(14-12-31)22-15-20(33-10-4-3-5-25(33)35)6-7-21(22)34-17-19(29-30-34)16-28-26(36)23-8-9-24(27)37-23/h3-8,10,15,17-18,24H,9,11-14,16H2,1-2H3,(H,28,36). The van der Waals surface area contributed by atoms with Crippen LogP contribution in [-0.4, -0.2) is 67.3 Å². The minimum atomic E-state index is -0.149. The van der Waals surface area contributed by atoms with Gasteiger partial charge in [-0.1, -0.05) is 17.4 Å². The number of carbonyl (C=O) groups excluding carboxylic acids is 1. The SMILES string of the molecule is CC(C)N1CCN(c2cc(-n3ccccc3=O)ccc2-n2cc(CNC(=O)C3=CCC(Cl)S3)nn2)CC1. The lowest BCUT2D eigenvalue weighted by atomic mass is 10.1. The number of hydrogen-bond acceptors (Lipinski definition) is 7. The van der Waals surface area contributed by atoms with Crippen molar-refractivity contribution >= 4 is 35.0 Å². The number of hydrogen-bond donors (Lipinski definition) is 1. The molecule has 5 rings (SSSR count). The summed E-state index contributed by atoms with van der Waals surface area (Å²) in [6.07, 6.45) is 6.15. The molecular weight excluding hydrogens is 510 g/mol. The first kappa shape index (κ1) is 25.6. The highest BCUT2D eigenvalue weighted by molar-refractivity contribution is 8.05. The van der Waals surface area contributed by atoms with Crippen molar-refractivity contribution in [3.8, 4) is 11.4 Å². The highest BCUT2D eigenvalue weighted by atomic mass is 35.5. The number of thioether (sulfide) groups is 1. The summed E-state index contributed by atoms with van der Waals surface area (Å²) in [5.74, 6) is -0.149. The van der Waals surface area contributed by atoms with Crippen LogP contribution in [0, 0.1) is 0 Å². The van der Waals surface area contributed by atoms with Gasteiger partial charge in [0.15, 0.2) is 0 Å². The summed E-state index contributed by atoms with van der Waals surface area (Å²) < 4.78 is 3.29. The van der Waals surface area contributed by atoms with E-state index in [4.69, 9.17) is 11.6 Å². The third-order valence-electron chi connectivity index (χ3n) is 6.63. The number of nitrogens with one attached hydrogen (secondary N) is 1. The first-order valence-corrected chi connectivity index (χ1v) is 13.7. The predicted octanol–water partition coefficient (Wildman–Crippen LogP) is 3.15. The largest absolute Gasteiger partial charge is 0.367 e. The van der Waals surface area contributed by atoms with E-state index in [0.29, 0.717) is 23.1 Å². The van der Waals surface area contributed by atoms with Crippen LogP contribution in [0.25, 0.3) is 11.4 Å². The van der Waals surface area contributed by atoms with Crippen LogP contribution in [0.5, 0.6) is 0 Å². The summed E-state index contributed by atoms with van der Waals surface area (Å²) >= 11 is 7.45. The number of allylic oxidation sites excluding steroid dienone is 1. The van der Waals surface area contributed by atoms with E-state index in [1.807, 2.05) is 36.5 Å². The van der Waals surface area contributed by atoms with Gasteiger partial charge in [-0.15, -0.1) is 28.5 Å². The van der Waals surface area contributed by atoms with Crippen LogP contribution in [0.2, 0.25) is 0 Å². The van der Waals surface area contributed by atoms with E-state index in [-0.39, 0.29) is 22.7 Å². The maximum atomic E-state index is 12.5. The second-order valence-corrected chi connectivity index (χ2v) is 11.4. The minimum Gasteiger partial charge on any atom is -0.367 e. The van der Waals surface area contributed by atoms with Crippen molar-refractivity contribution in [2.45, 2.75) is 37.6 Å². The molecule has 1 aromatic carbocycles. The molecule has 37 heavy (non-hydrogen) atoms. The Balaban J connectivity index is 1.40. The molecule has 4 heterocycles. The second-order valence-electron chi connectivity index (χ2n) is 9.37. The summed E-state index contributed by atoms with van der Waals surface area (Å²) in [5.41, 5.74) is 3.22. The number of rotatable bonds is 7. The van der Waals surface area contributed by atoms with Crippen molar-refractivity contribution in [1.29, 1.82) is 0 Å². The van der Waals surface area contributed by atoms with E-state index in [1.165, 1.54) is 11.8 Å². The highest BCUT2D eigenvalue weighted by Gasteiger charge is 2.23. The third kappa shape index (κ3) is 5.76. The molecule has 0 bridgehead atoms. The molecule has 194 valence electrons. The summed E-state index contributed by atoms with van der Waals surface area (Å²) in [6, 6.07) is 11.6. The molecule has 3 aromatic rings. The zero-order valence-electron chi connectivity index (χ0n) is 20.9. The van der Waals surface area contributed by atoms with E-state index in [1.54, 1.807) is 27.6 Å². The molecular formula is C26H30ClN7O2S. The quantitative estimate of drug-likeness (QED) is 0.461. The molecule has 11 heteroatoms. The van der Waals surface area contributed by atoms with Crippen LogP contribution in [-0.2, 0) is 11.3 Å². The maximum absolute atomic E-state index is 12.5. The zero-order valence-corrected chi connectivity index (χ0v) is 22.5. The molecule has 1 atom stereocenters. The van der Waals surface area contributed by atoms with Crippen molar-refractivity contribution in [1.82, 2.24) is 29.8 Å². The van der Waals surface area contributed by atoms with Gasteiger partial charge in [-0.2, -0.15) is 0 Å². The van der Waals surface area contributed by atoms with Gasteiger partial charge >= 0.3 is 0 Å². The average molecular weight is 540 g/mol. The molecule has 2 aliphatic heterocycles. The van der Waals surface area contributed by atoms with Gasteiger partial charge < -0.3 is 10.2 Å². The molecule has 2 aromatic heterocycles. The number of carbonyl (C=O) groups is 1. The van der Waals surface area contributed by atoms with Gasteiger partial charge in [-0.05, 0) is 44.5 Å². The molecule has 1 N–H and O–H groups in total. The van der Waals surface area contributed by atoms with E-state index < -0.39 is 0 Å². The Bertz CT molecular complexity index is 1360. The number of amides is 1. The lowest BCUT2D eigenvalue weighted by molar-refractivity contribution is -0.117. The normalized spacial score (nSPS) is 18.3. The van der Waals surface area contributed by atoms with Gasteiger partial charge in [0.25, 0.3) is 11.5 Å². The van der Waals surface area contributed by atoms with Crippen LogP contribution in [0.3, 0.4) is 0 Å². The number of piperazine rings is 1. The first-order valence-electron chi connectivity index (χ1n) is 12.4. The Hall–Kier alpha value is -3.08. The lowest BCUT2D eigenvalue weighted by Gasteiger charge is -2.38. The van der Waals surface area contributed by atoms with Gasteiger partial charge in [-0.25, -0.2) is 4.68 Å². The summed E-state index contributed by atoms with van der Waals surface area (Å²) in [5, 5.41) is 11.5. The molecule has 0 radical (unpaired) electrons. The van der Waals surface area contributed by atoms with E-state index >= 15 is 0 Å². The topological polar surface area (TPSA) is 88.3 Å². The summed E-state index contributed by atoms with van der Waals surface area (Å²) in [7, 11) is 0. The van der Waals surface area contributed by atoms with Crippen LogP contribution >= 0.6 is 23.4 Å². The van der Waals surface area contributed by atoms with Crippen molar-refractivity contribution < 1.29 is 4.79 Å². The molecule has 0 aliphatic carbocycles. The van der Waals surface area contributed by atoms with Crippen LogP contribution in [0.15, 0.2) is 64.6 Å². The van der Waals surface area contributed by atoms with E-state index in [9.17, 15) is 9.59 Å². The Morgan fingerprint density at radius 3 is 2.68 bits per heavy atom. The fourth-order valence-electron chi connectivity index (χ4n) is 4.56. The Morgan fingerprint density at radius 2 is 1.97 bits per heavy atom. The second kappa shape index (κ2) is 11.1. The van der Waals surface area contributed by atoms with Gasteiger partial charge in [0.2, 0.25) is 0 Å². The van der Waals surface area contributed by atoms with Crippen molar-refractivity contribution in [3.05, 3.63) is 75.8 Å².